The van der Waals surface area contributed by atoms with E-state index in [4.69, 9.17) is 5.73 Å². The SMILES string of the molecule is CCN(CCC(=O)Nc1ccc(C(N)=O)cc1)c1cnc2ccccc2n1. The Morgan fingerprint density at radius 3 is 2.44 bits per heavy atom. The first-order valence-electron chi connectivity index (χ1n) is 8.73. The van der Waals surface area contributed by atoms with E-state index in [2.05, 4.69) is 15.3 Å². The van der Waals surface area contributed by atoms with Gasteiger partial charge in [0.1, 0.15) is 5.82 Å². The third kappa shape index (κ3) is 4.58. The quantitative estimate of drug-likeness (QED) is 0.672. The minimum atomic E-state index is -0.497. The van der Waals surface area contributed by atoms with Gasteiger partial charge < -0.3 is 16.0 Å². The maximum absolute atomic E-state index is 12.2. The van der Waals surface area contributed by atoms with Crippen molar-refractivity contribution in [3.63, 3.8) is 0 Å². The summed E-state index contributed by atoms with van der Waals surface area (Å²) in [6.07, 6.45) is 2.03. The van der Waals surface area contributed by atoms with Crippen LogP contribution in [0.15, 0.2) is 54.7 Å². The monoisotopic (exact) mass is 363 g/mol. The minimum absolute atomic E-state index is 0.117. The third-order valence-corrected chi connectivity index (χ3v) is 4.20. The van der Waals surface area contributed by atoms with Crippen LogP contribution in [0.4, 0.5) is 11.5 Å². The number of nitrogens with two attached hydrogens (primary N) is 1. The van der Waals surface area contributed by atoms with Gasteiger partial charge >= 0.3 is 0 Å². The van der Waals surface area contributed by atoms with Gasteiger partial charge in [-0.15, -0.1) is 0 Å². The van der Waals surface area contributed by atoms with Gasteiger partial charge in [0.2, 0.25) is 11.8 Å². The number of hydrogen-bond acceptors (Lipinski definition) is 5. The maximum Gasteiger partial charge on any atom is 0.248 e. The van der Waals surface area contributed by atoms with Crippen LogP contribution in [0.5, 0.6) is 0 Å². The zero-order chi connectivity index (χ0) is 19.2. The second-order valence-electron chi connectivity index (χ2n) is 6.04. The Bertz CT molecular complexity index is 956. The molecule has 3 aromatic rings. The van der Waals surface area contributed by atoms with Gasteiger partial charge in [-0.2, -0.15) is 0 Å². The van der Waals surface area contributed by atoms with Crippen LogP contribution in [0.3, 0.4) is 0 Å². The number of benzene rings is 2. The van der Waals surface area contributed by atoms with Gasteiger partial charge in [0.15, 0.2) is 0 Å². The lowest BCUT2D eigenvalue weighted by molar-refractivity contribution is -0.116. The Balaban J connectivity index is 1.60. The number of primary amides is 1. The van der Waals surface area contributed by atoms with Gasteiger partial charge in [-0.25, -0.2) is 4.98 Å². The molecule has 0 radical (unpaired) electrons. The van der Waals surface area contributed by atoms with E-state index in [-0.39, 0.29) is 5.91 Å². The molecule has 3 rings (SSSR count). The largest absolute Gasteiger partial charge is 0.366 e. The molecule has 0 bridgehead atoms. The van der Waals surface area contributed by atoms with Gasteiger partial charge in [-0.05, 0) is 43.3 Å². The first-order valence-corrected chi connectivity index (χ1v) is 8.73. The van der Waals surface area contributed by atoms with E-state index < -0.39 is 5.91 Å². The molecule has 0 fully saturated rings. The smallest absolute Gasteiger partial charge is 0.248 e. The van der Waals surface area contributed by atoms with E-state index in [1.807, 2.05) is 36.1 Å². The number of fused-ring (bicyclic) bond motifs is 1. The summed E-state index contributed by atoms with van der Waals surface area (Å²) in [7, 11) is 0. The average Bonchev–Trinajstić information content (AvgIpc) is 2.68. The molecule has 27 heavy (non-hydrogen) atoms. The van der Waals surface area contributed by atoms with Crippen LogP contribution >= 0.6 is 0 Å². The van der Waals surface area contributed by atoms with Crippen molar-refractivity contribution in [1.29, 1.82) is 0 Å². The number of carbonyl (C=O) groups is 2. The number of hydrogen-bond donors (Lipinski definition) is 2. The number of nitrogens with one attached hydrogen (secondary N) is 1. The van der Waals surface area contributed by atoms with Crippen LogP contribution in [0.2, 0.25) is 0 Å². The Hall–Kier alpha value is -3.48. The van der Waals surface area contributed by atoms with Gasteiger partial charge in [-0.1, -0.05) is 12.1 Å². The highest BCUT2D eigenvalue weighted by Gasteiger charge is 2.11. The zero-order valence-electron chi connectivity index (χ0n) is 15.1. The van der Waals surface area contributed by atoms with Crippen LogP contribution in [0.25, 0.3) is 11.0 Å². The van der Waals surface area contributed by atoms with Gasteiger partial charge in [-0.3, -0.25) is 14.6 Å². The van der Waals surface area contributed by atoms with Gasteiger partial charge in [0.25, 0.3) is 0 Å². The molecule has 1 aromatic heterocycles. The molecule has 0 aliphatic carbocycles. The summed E-state index contributed by atoms with van der Waals surface area (Å²) in [5, 5.41) is 2.81. The highest BCUT2D eigenvalue weighted by molar-refractivity contribution is 5.94. The van der Waals surface area contributed by atoms with Crippen molar-refractivity contribution >= 4 is 34.4 Å². The summed E-state index contributed by atoms with van der Waals surface area (Å²) in [5.41, 5.74) is 7.90. The topological polar surface area (TPSA) is 101 Å². The fraction of sp³-hybridized carbons (Fsp3) is 0.200. The van der Waals surface area contributed by atoms with Crippen LogP contribution in [-0.2, 0) is 4.79 Å². The van der Waals surface area contributed by atoms with E-state index >= 15 is 0 Å². The molecule has 0 saturated heterocycles. The molecule has 0 saturated carbocycles. The first kappa shape index (κ1) is 18.3. The van der Waals surface area contributed by atoms with Crippen molar-refractivity contribution < 1.29 is 9.59 Å². The number of aromatic nitrogens is 2. The predicted octanol–water partition coefficient (Wildman–Crippen LogP) is 2.58. The first-order chi connectivity index (χ1) is 13.1. The van der Waals surface area contributed by atoms with Crippen molar-refractivity contribution in [3.05, 3.63) is 60.3 Å². The third-order valence-electron chi connectivity index (χ3n) is 4.20. The number of rotatable bonds is 7. The number of nitrogens with zero attached hydrogens (tertiary/aromatic N) is 3. The molecule has 3 N–H and O–H groups in total. The van der Waals surface area contributed by atoms with Crippen LogP contribution in [-0.4, -0.2) is 34.9 Å². The zero-order valence-corrected chi connectivity index (χ0v) is 15.1. The van der Waals surface area contributed by atoms with Crippen molar-refractivity contribution in [1.82, 2.24) is 9.97 Å². The number of amides is 2. The van der Waals surface area contributed by atoms with Crippen molar-refractivity contribution in [2.45, 2.75) is 13.3 Å². The molecule has 2 amide bonds. The molecule has 0 aliphatic heterocycles. The second kappa shape index (κ2) is 8.27. The fourth-order valence-electron chi connectivity index (χ4n) is 2.71. The van der Waals surface area contributed by atoms with Gasteiger partial charge in [0, 0.05) is 30.8 Å². The molecule has 7 heteroatoms. The molecule has 0 atom stereocenters. The normalized spacial score (nSPS) is 10.6. The highest BCUT2D eigenvalue weighted by atomic mass is 16.2. The molecule has 1 heterocycles. The predicted molar refractivity (Wildman–Crippen MR) is 106 cm³/mol. The Kier molecular flexibility index (Phi) is 5.61. The summed E-state index contributed by atoms with van der Waals surface area (Å²) < 4.78 is 0. The second-order valence-corrected chi connectivity index (χ2v) is 6.04. The standard InChI is InChI=1S/C20H21N5O2/c1-2-25(18-13-22-16-5-3-4-6-17(16)24-18)12-11-19(26)23-15-9-7-14(8-10-15)20(21)27/h3-10,13H,2,11-12H2,1H3,(H2,21,27)(H,23,26). The summed E-state index contributed by atoms with van der Waals surface area (Å²) in [4.78, 5) is 34.4. The lowest BCUT2D eigenvalue weighted by Gasteiger charge is -2.21. The van der Waals surface area contributed by atoms with Crippen LogP contribution in [0, 0.1) is 0 Å². The summed E-state index contributed by atoms with van der Waals surface area (Å²) >= 11 is 0. The van der Waals surface area contributed by atoms with E-state index in [0.29, 0.717) is 30.8 Å². The number of carbonyl (C=O) groups excluding carboxylic acids is 2. The van der Waals surface area contributed by atoms with Crippen LogP contribution in [0.1, 0.15) is 23.7 Å². The lowest BCUT2D eigenvalue weighted by atomic mass is 10.2. The van der Waals surface area contributed by atoms with Crippen molar-refractivity contribution in [2.75, 3.05) is 23.3 Å². The number of para-hydroxylation sites is 2. The van der Waals surface area contributed by atoms with E-state index in [1.54, 1.807) is 30.5 Å². The lowest BCUT2D eigenvalue weighted by Crippen LogP contribution is -2.28. The molecule has 138 valence electrons. The van der Waals surface area contributed by atoms with Crippen LogP contribution < -0.4 is 16.0 Å². The molecule has 2 aromatic carbocycles. The summed E-state index contributed by atoms with van der Waals surface area (Å²) in [6.45, 7) is 3.25. The summed E-state index contributed by atoms with van der Waals surface area (Å²) in [5.74, 6) is 0.131. The molecular formula is C20H21N5O2. The van der Waals surface area contributed by atoms with Crippen molar-refractivity contribution in [2.24, 2.45) is 5.73 Å². The van der Waals surface area contributed by atoms with E-state index in [0.717, 1.165) is 16.9 Å². The molecule has 0 unspecified atom stereocenters. The van der Waals surface area contributed by atoms with Gasteiger partial charge in [0.05, 0.1) is 17.2 Å². The Labute approximate surface area is 157 Å². The van der Waals surface area contributed by atoms with E-state index in [1.165, 1.54) is 0 Å². The number of anilines is 2. The summed E-state index contributed by atoms with van der Waals surface area (Å²) in [6, 6.07) is 14.2. The minimum Gasteiger partial charge on any atom is -0.366 e. The van der Waals surface area contributed by atoms with Crippen molar-refractivity contribution in [3.8, 4) is 0 Å². The Morgan fingerprint density at radius 1 is 1.07 bits per heavy atom. The Morgan fingerprint density at radius 2 is 1.78 bits per heavy atom. The molecule has 0 spiro atoms. The fourth-order valence-corrected chi connectivity index (χ4v) is 2.71. The molecule has 7 nitrogen and oxygen atoms in total. The average molecular weight is 363 g/mol. The highest BCUT2D eigenvalue weighted by Crippen LogP contribution is 2.16. The molecule has 0 aliphatic rings. The molecular weight excluding hydrogens is 342 g/mol. The maximum atomic E-state index is 12.2. The van der Waals surface area contributed by atoms with E-state index in [9.17, 15) is 9.59 Å².